The zero-order valence-corrected chi connectivity index (χ0v) is 11.4. The highest BCUT2D eigenvalue weighted by molar-refractivity contribution is 5.76. The van der Waals surface area contributed by atoms with Gasteiger partial charge in [0.25, 0.3) is 0 Å². The molecule has 1 aliphatic carbocycles. The van der Waals surface area contributed by atoms with E-state index in [0.29, 0.717) is 13.0 Å². The van der Waals surface area contributed by atoms with Crippen LogP contribution in [0.4, 0.5) is 0 Å². The van der Waals surface area contributed by atoms with Crippen LogP contribution >= 0.6 is 0 Å². The van der Waals surface area contributed by atoms with E-state index in [1.807, 2.05) is 6.92 Å². The van der Waals surface area contributed by atoms with Crippen LogP contribution in [0.15, 0.2) is 12.4 Å². The average Bonchev–Trinajstić information content (AvgIpc) is 3.01. The fourth-order valence-corrected chi connectivity index (χ4v) is 2.69. The summed E-state index contributed by atoms with van der Waals surface area (Å²) in [6.45, 7) is 2.88. The van der Waals surface area contributed by atoms with Crippen LogP contribution in [0.3, 0.4) is 0 Å². The molecule has 1 fully saturated rings. The van der Waals surface area contributed by atoms with Crippen LogP contribution in [0, 0.1) is 5.41 Å². The van der Waals surface area contributed by atoms with Gasteiger partial charge in [0.05, 0.1) is 12.8 Å². The molecule has 1 amide bonds. The molecule has 2 atom stereocenters. The first-order valence-electron chi connectivity index (χ1n) is 6.88. The molecule has 19 heavy (non-hydrogen) atoms. The van der Waals surface area contributed by atoms with E-state index in [4.69, 9.17) is 0 Å². The second-order valence-corrected chi connectivity index (χ2v) is 5.59. The van der Waals surface area contributed by atoms with Crippen molar-refractivity contribution >= 4 is 5.91 Å². The van der Waals surface area contributed by atoms with Gasteiger partial charge >= 0.3 is 0 Å². The van der Waals surface area contributed by atoms with Crippen LogP contribution in [0.5, 0.6) is 0 Å². The highest BCUT2D eigenvalue weighted by Crippen LogP contribution is 2.37. The summed E-state index contributed by atoms with van der Waals surface area (Å²) >= 11 is 0. The fraction of sp³-hybridized carbons (Fsp3) is 0.769. The smallest absolute Gasteiger partial charge is 0.220 e. The quantitative estimate of drug-likeness (QED) is 0.795. The van der Waals surface area contributed by atoms with Crippen LogP contribution < -0.4 is 5.32 Å². The lowest BCUT2D eigenvalue weighted by molar-refractivity contribution is -0.122. The predicted molar refractivity (Wildman–Crippen MR) is 70.2 cm³/mol. The molecule has 1 aromatic rings. The first-order chi connectivity index (χ1) is 9.14. The third kappa shape index (κ3) is 3.53. The molecule has 0 radical (unpaired) electrons. The Morgan fingerprint density at radius 3 is 3.16 bits per heavy atom. The molecule has 6 nitrogen and oxygen atoms in total. The molecule has 106 valence electrons. The molecule has 0 aromatic carbocycles. The van der Waals surface area contributed by atoms with Gasteiger partial charge < -0.3 is 10.4 Å². The Labute approximate surface area is 113 Å². The third-order valence-corrected chi connectivity index (χ3v) is 4.04. The van der Waals surface area contributed by atoms with Crippen LogP contribution in [0.1, 0.15) is 39.0 Å². The van der Waals surface area contributed by atoms with Crippen molar-refractivity contribution in [2.24, 2.45) is 5.41 Å². The molecular formula is C13H22N4O2. The molecule has 0 aliphatic heterocycles. The number of aromatic nitrogens is 3. The van der Waals surface area contributed by atoms with Gasteiger partial charge in [0.2, 0.25) is 5.91 Å². The second-order valence-electron chi connectivity index (χ2n) is 5.59. The lowest BCUT2D eigenvalue weighted by atomic mass is 9.86. The summed E-state index contributed by atoms with van der Waals surface area (Å²) in [6, 6.07) is 0.108. The zero-order valence-electron chi connectivity index (χ0n) is 11.4. The molecule has 0 saturated heterocycles. The molecule has 1 aromatic heterocycles. The Bertz CT molecular complexity index is 407. The molecule has 1 heterocycles. The average molecular weight is 266 g/mol. The number of aryl methyl sites for hydroxylation is 1. The molecule has 0 spiro atoms. The lowest BCUT2D eigenvalue weighted by Gasteiger charge is -2.30. The molecule has 0 bridgehead atoms. The number of nitrogens with one attached hydrogen (secondary N) is 1. The molecule has 2 N–H and O–H groups in total. The summed E-state index contributed by atoms with van der Waals surface area (Å²) in [4.78, 5) is 11.9. The van der Waals surface area contributed by atoms with Crippen molar-refractivity contribution in [3.05, 3.63) is 12.4 Å². The minimum absolute atomic E-state index is 0.0618. The highest BCUT2D eigenvalue weighted by atomic mass is 16.3. The van der Waals surface area contributed by atoms with E-state index in [9.17, 15) is 9.90 Å². The second kappa shape index (κ2) is 6.14. The van der Waals surface area contributed by atoms with Gasteiger partial charge in [0, 0.05) is 30.6 Å². The molecule has 1 aliphatic rings. The number of amides is 1. The Hall–Kier alpha value is -1.43. The van der Waals surface area contributed by atoms with Crippen LogP contribution in [-0.4, -0.2) is 38.7 Å². The summed E-state index contributed by atoms with van der Waals surface area (Å²) in [5.74, 6) is 0.0618. The van der Waals surface area contributed by atoms with Crippen molar-refractivity contribution in [2.75, 3.05) is 6.61 Å². The maximum Gasteiger partial charge on any atom is 0.220 e. The number of rotatable bonds is 6. The molecular weight excluding hydrogens is 244 g/mol. The van der Waals surface area contributed by atoms with Crippen molar-refractivity contribution < 1.29 is 9.90 Å². The van der Waals surface area contributed by atoms with Crippen LogP contribution in [-0.2, 0) is 11.3 Å². The summed E-state index contributed by atoms with van der Waals surface area (Å²) in [5, 5.41) is 20.1. The topological polar surface area (TPSA) is 80.0 Å². The molecule has 1 saturated carbocycles. The van der Waals surface area contributed by atoms with Crippen molar-refractivity contribution in [2.45, 2.75) is 51.6 Å². The number of hydrogen-bond donors (Lipinski definition) is 2. The summed E-state index contributed by atoms with van der Waals surface area (Å²) in [5.41, 5.74) is -0.151. The Morgan fingerprint density at radius 1 is 1.63 bits per heavy atom. The number of hydrogen-bond acceptors (Lipinski definition) is 4. The van der Waals surface area contributed by atoms with E-state index in [-0.39, 0.29) is 24.0 Å². The van der Waals surface area contributed by atoms with Gasteiger partial charge in [-0.3, -0.25) is 9.48 Å². The van der Waals surface area contributed by atoms with Crippen molar-refractivity contribution in [1.82, 2.24) is 20.3 Å². The molecule has 2 rings (SSSR count). The van der Waals surface area contributed by atoms with Gasteiger partial charge in [-0.15, -0.1) is 5.10 Å². The van der Waals surface area contributed by atoms with Crippen molar-refractivity contribution in [1.29, 1.82) is 0 Å². The standard InChI is InChI=1S/C13H22N4O2/c1-13(10-18)6-2-4-11(13)15-12(19)5-3-8-17-9-7-14-16-17/h7,9,11,18H,2-6,8,10H2,1H3,(H,15,19). The van der Waals surface area contributed by atoms with Gasteiger partial charge in [-0.05, 0) is 19.3 Å². The summed E-state index contributed by atoms with van der Waals surface area (Å²) < 4.78 is 1.72. The third-order valence-electron chi connectivity index (χ3n) is 4.04. The van der Waals surface area contributed by atoms with Crippen molar-refractivity contribution in [3.8, 4) is 0 Å². The van der Waals surface area contributed by atoms with E-state index in [0.717, 1.165) is 25.7 Å². The lowest BCUT2D eigenvalue weighted by Crippen LogP contribution is -2.44. The van der Waals surface area contributed by atoms with Crippen LogP contribution in [0.2, 0.25) is 0 Å². The maximum absolute atomic E-state index is 11.9. The largest absolute Gasteiger partial charge is 0.396 e. The number of aliphatic hydroxyl groups is 1. The van der Waals surface area contributed by atoms with Gasteiger partial charge in [0.1, 0.15) is 0 Å². The zero-order chi connectivity index (χ0) is 13.7. The minimum atomic E-state index is -0.151. The normalized spacial score (nSPS) is 26.5. The first-order valence-corrected chi connectivity index (χ1v) is 6.88. The van der Waals surface area contributed by atoms with E-state index < -0.39 is 0 Å². The monoisotopic (exact) mass is 266 g/mol. The summed E-state index contributed by atoms with van der Waals surface area (Å²) in [7, 11) is 0. The van der Waals surface area contributed by atoms with Gasteiger partial charge in [-0.2, -0.15) is 0 Å². The Balaban J connectivity index is 1.72. The van der Waals surface area contributed by atoms with E-state index >= 15 is 0 Å². The summed E-state index contributed by atoms with van der Waals surface area (Å²) in [6.07, 6.45) is 7.67. The van der Waals surface area contributed by atoms with Gasteiger partial charge in [-0.1, -0.05) is 18.6 Å². The molecule has 6 heteroatoms. The number of aliphatic hydroxyl groups excluding tert-OH is 1. The van der Waals surface area contributed by atoms with Crippen molar-refractivity contribution in [3.63, 3.8) is 0 Å². The van der Waals surface area contributed by atoms with Crippen LogP contribution in [0.25, 0.3) is 0 Å². The van der Waals surface area contributed by atoms with Gasteiger partial charge in [-0.25, -0.2) is 0 Å². The Kier molecular flexibility index (Phi) is 4.52. The van der Waals surface area contributed by atoms with E-state index in [1.165, 1.54) is 0 Å². The first kappa shape index (κ1) is 14.0. The number of carbonyl (C=O) groups excluding carboxylic acids is 1. The SMILES string of the molecule is CC1(CO)CCCC1NC(=O)CCCn1ccnn1. The maximum atomic E-state index is 11.9. The minimum Gasteiger partial charge on any atom is -0.396 e. The van der Waals surface area contributed by atoms with Gasteiger partial charge in [0.15, 0.2) is 0 Å². The van der Waals surface area contributed by atoms with E-state index in [1.54, 1.807) is 17.1 Å². The molecule has 2 unspecified atom stereocenters. The highest BCUT2D eigenvalue weighted by Gasteiger charge is 2.38. The number of carbonyl (C=O) groups is 1. The Morgan fingerprint density at radius 2 is 2.47 bits per heavy atom. The predicted octanol–water partition coefficient (Wildman–Crippen LogP) is 0.726. The number of nitrogens with zero attached hydrogens (tertiary/aromatic N) is 3. The van der Waals surface area contributed by atoms with E-state index in [2.05, 4.69) is 15.6 Å². The fourth-order valence-electron chi connectivity index (χ4n) is 2.69.